The first kappa shape index (κ1) is 46.8. The molecule has 0 amide bonds. The molecule has 0 aromatic heterocycles. The van der Waals surface area contributed by atoms with Crippen LogP contribution in [0, 0.1) is 0 Å². The lowest BCUT2D eigenvalue weighted by atomic mass is 10.1. The number of rotatable bonds is 38. The highest BCUT2D eigenvalue weighted by molar-refractivity contribution is 5.69. The van der Waals surface area contributed by atoms with Gasteiger partial charge in [0.05, 0.1) is 0 Å². The SMILES string of the molecule is CCCCCCCCCCCCCC(=O)OCCN(CCCN(C)CCCN(C)C)CCOC(=O)CCCCCCCCCCCCC. The lowest BCUT2D eigenvalue weighted by molar-refractivity contribution is -0.144. The Bertz CT molecular complexity index is 647. The van der Waals surface area contributed by atoms with Crippen molar-refractivity contribution in [3.8, 4) is 0 Å². The van der Waals surface area contributed by atoms with Crippen molar-refractivity contribution in [2.45, 2.75) is 181 Å². The summed E-state index contributed by atoms with van der Waals surface area (Å²) in [7, 11) is 6.42. The molecule has 0 aromatic carbocycles. The van der Waals surface area contributed by atoms with E-state index < -0.39 is 0 Å². The third-order valence-corrected chi connectivity index (χ3v) is 9.47. The molecule has 0 bridgehead atoms. The summed E-state index contributed by atoms with van der Waals surface area (Å²) in [5, 5.41) is 0. The summed E-state index contributed by atoms with van der Waals surface area (Å²) in [6, 6.07) is 0. The molecular formula is C41H83N3O4. The molecule has 0 aromatic rings. The molecule has 0 fully saturated rings. The van der Waals surface area contributed by atoms with Crippen LogP contribution >= 0.6 is 0 Å². The van der Waals surface area contributed by atoms with Gasteiger partial charge < -0.3 is 19.3 Å². The zero-order chi connectivity index (χ0) is 35.3. The highest BCUT2D eigenvalue weighted by Crippen LogP contribution is 2.13. The van der Waals surface area contributed by atoms with Crippen LogP contribution in [0.5, 0.6) is 0 Å². The van der Waals surface area contributed by atoms with Crippen LogP contribution in [-0.4, -0.2) is 100 Å². The summed E-state index contributed by atoms with van der Waals surface area (Å²) in [5.74, 6) is -0.158. The topological polar surface area (TPSA) is 62.3 Å². The Morgan fingerprint density at radius 3 is 1.08 bits per heavy atom. The van der Waals surface area contributed by atoms with Gasteiger partial charge in [-0.1, -0.05) is 142 Å². The zero-order valence-corrected chi connectivity index (χ0v) is 33.0. The number of hydrogen-bond acceptors (Lipinski definition) is 7. The fraction of sp³-hybridized carbons (Fsp3) is 0.951. The molecule has 0 aliphatic rings. The van der Waals surface area contributed by atoms with Crippen LogP contribution in [0.4, 0.5) is 0 Å². The molecule has 0 saturated carbocycles. The molecule has 0 radical (unpaired) electrons. The minimum Gasteiger partial charge on any atom is -0.464 e. The Labute approximate surface area is 299 Å². The Morgan fingerprint density at radius 1 is 0.396 bits per heavy atom. The zero-order valence-electron chi connectivity index (χ0n) is 33.0. The predicted octanol–water partition coefficient (Wildman–Crippen LogP) is 10.1. The average molecular weight is 682 g/mol. The van der Waals surface area contributed by atoms with E-state index in [9.17, 15) is 9.59 Å². The van der Waals surface area contributed by atoms with E-state index in [4.69, 9.17) is 9.47 Å². The number of hydrogen-bond donors (Lipinski definition) is 0. The van der Waals surface area contributed by atoms with Gasteiger partial charge in [0, 0.05) is 25.9 Å². The van der Waals surface area contributed by atoms with Gasteiger partial charge in [-0.2, -0.15) is 0 Å². The van der Waals surface area contributed by atoms with E-state index in [1.807, 2.05) is 0 Å². The van der Waals surface area contributed by atoms with Crippen LogP contribution in [-0.2, 0) is 19.1 Å². The van der Waals surface area contributed by atoms with Crippen molar-refractivity contribution in [3.05, 3.63) is 0 Å². The smallest absolute Gasteiger partial charge is 0.305 e. The van der Waals surface area contributed by atoms with Crippen LogP contribution in [0.25, 0.3) is 0 Å². The van der Waals surface area contributed by atoms with Gasteiger partial charge >= 0.3 is 11.9 Å². The third kappa shape index (κ3) is 36.1. The fourth-order valence-corrected chi connectivity index (χ4v) is 6.26. The first-order chi connectivity index (χ1) is 23.4. The molecule has 0 spiro atoms. The lowest BCUT2D eigenvalue weighted by Gasteiger charge is -2.24. The fourth-order valence-electron chi connectivity index (χ4n) is 6.26. The summed E-state index contributed by atoms with van der Waals surface area (Å²) < 4.78 is 11.2. The predicted molar refractivity (Wildman–Crippen MR) is 206 cm³/mol. The molecule has 0 rings (SSSR count). The van der Waals surface area contributed by atoms with E-state index in [-0.39, 0.29) is 11.9 Å². The number of carbonyl (C=O) groups is 2. The lowest BCUT2D eigenvalue weighted by Crippen LogP contribution is -2.35. The van der Waals surface area contributed by atoms with E-state index >= 15 is 0 Å². The number of esters is 2. The Morgan fingerprint density at radius 2 is 0.729 bits per heavy atom. The highest BCUT2D eigenvalue weighted by Gasteiger charge is 2.11. The first-order valence-electron chi connectivity index (χ1n) is 20.8. The van der Waals surface area contributed by atoms with Gasteiger partial charge in [0.2, 0.25) is 0 Å². The number of ether oxygens (including phenoxy) is 2. The molecule has 0 aliphatic heterocycles. The summed E-state index contributed by atoms with van der Waals surface area (Å²) >= 11 is 0. The Kier molecular flexibility index (Phi) is 36.2. The summed E-state index contributed by atoms with van der Waals surface area (Å²) in [5.41, 5.74) is 0. The van der Waals surface area contributed by atoms with Gasteiger partial charge in [0.1, 0.15) is 13.2 Å². The maximum Gasteiger partial charge on any atom is 0.305 e. The standard InChI is InChI=1S/C41H83N3O4/c1-6-8-10-12-14-16-18-20-22-24-26-30-40(45)47-38-36-44(35-29-34-43(5)33-28-32-42(3)4)37-39-48-41(46)31-27-25-23-21-19-17-15-13-11-9-7-2/h6-39H2,1-5H3. The van der Waals surface area contributed by atoms with Gasteiger partial charge in [-0.15, -0.1) is 0 Å². The minimum atomic E-state index is -0.0788. The molecule has 0 aliphatic carbocycles. The largest absolute Gasteiger partial charge is 0.464 e. The molecule has 286 valence electrons. The van der Waals surface area contributed by atoms with Crippen LogP contribution in [0.15, 0.2) is 0 Å². The summed E-state index contributed by atoms with van der Waals surface area (Å²) in [4.78, 5) is 31.6. The van der Waals surface area contributed by atoms with Gasteiger partial charge in [0.25, 0.3) is 0 Å². The second kappa shape index (κ2) is 37.1. The molecule has 0 saturated heterocycles. The number of unbranched alkanes of at least 4 members (excludes halogenated alkanes) is 20. The van der Waals surface area contributed by atoms with Crippen molar-refractivity contribution in [1.82, 2.24) is 14.7 Å². The summed E-state index contributed by atoms with van der Waals surface area (Å²) in [6.07, 6.45) is 31.4. The highest BCUT2D eigenvalue weighted by atomic mass is 16.5. The van der Waals surface area contributed by atoms with Crippen LogP contribution in [0.3, 0.4) is 0 Å². The third-order valence-electron chi connectivity index (χ3n) is 9.47. The van der Waals surface area contributed by atoms with Gasteiger partial charge in [-0.3, -0.25) is 14.5 Å². The molecule has 7 heteroatoms. The van der Waals surface area contributed by atoms with E-state index in [0.29, 0.717) is 39.1 Å². The van der Waals surface area contributed by atoms with E-state index in [1.165, 1.54) is 116 Å². The quantitative estimate of drug-likeness (QED) is 0.0475. The average Bonchev–Trinajstić information content (AvgIpc) is 3.05. The summed E-state index contributed by atoms with van der Waals surface area (Å²) in [6.45, 7) is 10.8. The second-order valence-electron chi connectivity index (χ2n) is 14.7. The van der Waals surface area contributed by atoms with E-state index in [2.05, 4.69) is 49.7 Å². The molecule has 0 unspecified atom stereocenters. The molecule has 0 heterocycles. The molecule has 0 N–H and O–H groups in total. The minimum absolute atomic E-state index is 0.0788. The maximum atomic E-state index is 12.4. The molecule has 0 atom stereocenters. The van der Waals surface area contributed by atoms with Gasteiger partial charge in [-0.25, -0.2) is 0 Å². The van der Waals surface area contributed by atoms with Crippen LogP contribution in [0.2, 0.25) is 0 Å². The van der Waals surface area contributed by atoms with Crippen molar-refractivity contribution in [2.24, 2.45) is 0 Å². The Balaban J connectivity index is 4.19. The molecule has 48 heavy (non-hydrogen) atoms. The van der Waals surface area contributed by atoms with E-state index in [0.717, 1.165) is 64.7 Å². The van der Waals surface area contributed by atoms with Crippen LogP contribution in [0.1, 0.15) is 181 Å². The monoisotopic (exact) mass is 682 g/mol. The molecular weight excluding hydrogens is 598 g/mol. The van der Waals surface area contributed by atoms with Gasteiger partial charge in [-0.05, 0) is 73.0 Å². The Hall–Kier alpha value is -1.18. The molecule has 7 nitrogen and oxygen atoms in total. The van der Waals surface area contributed by atoms with Crippen molar-refractivity contribution >= 4 is 11.9 Å². The number of carbonyl (C=O) groups excluding carboxylic acids is 2. The number of nitrogens with zero attached hydrogens (tertiary/aromatic N) is 3. The van der Waals surface area contributed by atoms with Gasteiger partial charge in [0.15, 0.2) is 0 Å². The van der Waals surface area contributed by atoms with Crippen molar-refractivity contribution < 1.29 is 19.1 Å². The maximum absolute atomic E-state index is 12.4. The van der Waals surface area contributed by atoms with Crippen LogP contribution < -0.4 is 0 Å². The van der Waals surface area contributed by atoms with Crippen molar-refractivity contribution in [1.29, 1.82) is 0 Å². The van der Waals surface area contributed by atoms with Crippen molar-refractivity contribution in [3.63, 3.8) is 0 Å². The second-order valence-corrected chi connectivity index (χ2v) is 14.7. The first-order valence-corrected chi connectivity index (χ1v) is 20.8. The normalized spacial score (nSPS) is 11.7. The van der Waals surface area contributed by atoms with E-state index in [1.54, 1.807) is 0 Å². The van der Waals surface area contributed by atoms with Crippen molar-refractivity contribution in [2.75, 3.05) is 73.6 Å².